The van der Waals surface area contributed by atoms with Crippen LogP contribution in [0.15, 0.2) is 0 Å². The minimum atomic E-state index is -1.18. The molecule has 5 N–H and O–H groups in total. The van der Waals surface area contributed by atoms with Crippen molar-refractivity contribution in [2.24, 2.45) is 5.73 Å². The molecule has 0 fully saturated rings. The summed E-state index contributed by atoms with van der Waals surface area (Å²) in [7, 11) is 0. The molecular weight excluding hydrogens is 152 g/mol. The van der Waals surface area contributed by atoms with Gasteiger partial charge >= 0.3 is 12.1 Å². The van der Waals surface area contributed by atoms with Crippen molar-refractivity contribution >= 4 is 12.1 Å². The Kier molecular flexibility index (Phi) is 3.97. The minimum Gasteiger partial charge on any atom is -0.480 e. The van der Waals surface area contributed by atoms with Gasteiger partial charge in [0, 0.05) is 6.54 Å². The lowest BCUT2D eigenvalue weighted by atomic mass is 10.2. The third kappa shape index (κ3) is 5.16. The van der Waals surface area contributed by atoms with Crippen molar-refractivity contribution in [3.8, 4) is 0 Å². The van der Waals surface area contributed by atoms with Crippen LogP contribution in [0.3, 0.4) is 0 Å². The van der Waals surface area contributed by atoms with Crippen molar-refractivity contribution in [2.75, 3.05) is 6.54 Å². The zero-order chi connectivity index (χ0) is 8.85. The highest BCUT2D eigenvalue weighted by molar-refractivity contribution is 5.73. The molecule has 6 heteroatoms. The second-order valence-corrected chi connectivity index (χ2v) is 1.97. The average Bonchev–Trinajstić information content (AvgIpc) is 1.86. The van der Waals surface area contributed by atoms with Gasteiger partial charge in [0.15, 0.2) is 0 Å². The van der Waals surface area contributed by atoms with E-state index in [1.165, 1.54) is 0 Å². The molecule has 6 nitrogen and oxygen atoms in total. The van der Waals surface area contributed by atoms with Crippen LogP contribution in [0.2, 0.25) is 0 Å². The fourth-order valence-corrected chi connectivity index (χ4v) is 0.458. The van der Waals surface area contributed by atoms with Crippen LogP contribution in [0.5, 0.6) is 0 Å². The van der Waals surface area contributed by atoms with Gasteiger partial charge in [-0.05, 0) is 6.42 Å². The number of rotatable bonds is 4. The Hall–Kier alpha value is -1.30. The van der Waals surface area contributed by atoms with Gasteiger partial charge in [0.2, 0.25) is 0 Å². The third-order valence-corrected chi connectivity index (χ3v) is 1.05. The molecule has 0 aliphatic heterocycles. The Balaban J connectivity index is 3.39. The molecule has 1 atom stereocenters. The maximum Gasteiger partial charge on any atom is 0.404 e. The standard InChI is InChI=1S/C5H10N2O4/c6-3(4(8)9)1-2-7-5(10)11/h3,7H,1-2,6H2,(H,8,9)(H,10,11). The molecule has 11 heavy (non-hydrogen) atoms. The zero-order valence-corrected chi connectivity index (χ0v) is 5.78. The largest absolute Gasteiger partial charge is 0.480 e. The lowest BCUT2D eigenvalue weighted by Crippen LogP contribution is -2.34. The first-order valence-electron chi connectivity index (χ1n) is 2.99. The summed E-state index contributed by atoms with van der Waals surface area (Å²) in [5.41, 5.74) is 5.07. The second-order valence-electron chi connectivity index (χ2n) is 1.97. The van der Waals surface area contributed by atoms with Crippen molar-refractivity contribution < 1.29 is 19.8 Å². The molecule has 0 bridgehead atoms. The van der Waals surface area contributed by atoms with E-state index in [-0.39, 0.29) is 13.0 Å². The first-order chi connectivity index (χ1) is 5.04. The summed E-state index contributed by atoms with van der Waals surface area (Å²) in [5.74, 6) is -1.13. The maximum absolute atomic E-state index is 10.1. The SMILES string of the molecule is NC(CCNC(=O)O)C(=O)O. The summed E-state index contributed by atoms with van der Waals surface area (Å²) in [6, 6.07) is -0.998. The van der Waals surface area contributed by atoms with Crippen LogP contribution in [-0.2, 0) is 4.79 Å². The van der Waals surface area contributed by atoms with E-state index in [1.54, 1.807) is 0 Å². The molecule has 0 saturated heterocycles. The number of carboxylic acids is 1. The third-order valence-electron chi connectivity index (χ3n) is 1.05. The molecule has 1 amide bonds. The Morgan fingerprint density at radius 1 is 1.45 bits per heavy atom. The van der Waals surface area contributed by atoms with E-state index in [0.717, 1.165) is 0 Å². The molecule has 0 aromatic heterocycles. The average molecular weight is 162 g/mol. The second kappa shape index (κ2) is 4.51. The summed E-state index contributed by atoms with van der Waals surface area (Å²) < 4.78 is 0. The van der Waals surface area contributed by atoms with E-state index >= 15 is 0 Å². The number of nitrogens with one attached hydrogen (secondary N) is 1. The topological polar surface area (TPSA) is 113 Å². The van der Waals surface area contributed by atoms with Gasteiger partial charge in [0.05, 0.1) is 0 Å². The fourth-order valence-electron chi connectivity index (χ4n) is 0.458. The first-order valence-corrected chi connectivity index (χ1v) is 2.99. The van der Waals surface area contributed by atoms with E-state index in [2.05, 4.69) is 0 Å². The van der Waals surface area contributed by atoms with Crippen molar-refractivity contribution in [1.29, 1.82) is 0 Å². The van der Waals surface area contributed by atoms with Gasteiger partial charge in [-0.15, -0.1) is 0 Å². The molecule has 0 radical (unpaired) electrons. The molecule has 64 valence electrons. The molecular formula is C5H10N2O4. The highest BCUT2D eigenvalue weighted by Crippen LogP contribution is 1.85. The van der Waals surface area contributed by atoms with E-state index in [0.29, 0.717) is 0 Å². The van der Waals surface area contributed by atoms with Crippen LogP contribution in [-0.4, -0.2) is 34.9 Å². The summed E-state index contributed by atoms with van der Waals surface area (Å²) in [6.07, 6.45) is -1.08. The molecule has 1 unspecified atom stereocenters. The van der Waals surface area contributed by atoms with E-state index in [4.69, 9.17) is 15.9 Å². The number of amides is 1. The minimum absolute atomic E-state index is 0.0583. The van der Waals surface area contributed by atoms with Gasteiger partial charge in [-0.25, -0.2) is 4.79 Å². The Labute approximate surface area is 63.0 Å². The van der Waals surface area contributed by atoms with Gasteiger partial charge in [-0.2, -0.15) is 0 Å². The highest BCUT2D eigenvalue weighted by Gasteiger charge is 2.10. The molecule has 0 aromatic carbocycles. The van der Waals surface area contributed by atoms with Crippen molar-refractivity contribution in [3.63, 3.8) is 0 Å². The predicted octanol–water partition coefficient (Wildman–Crippen LogP) is -0.944. The lowest BCUT2D eigenvalue weighted by molar-refractivity contribution is -0.138. The summed E-state index contributed by atoms with van der Waals surface area (Å²) in [6.45, 7) is 0.0583. The quantitative estimate of drug-likeness (QED) is 0.426. The smallest absolute Gasteiger partial charge is 0.404 e. The molecule has 0 heterocycles. The number of nitrogens with two attached hydrogens (primary N) is 1. The van der Waals surface area contributed by atoms with Gasteiger partial charge in [0.25, 0.3) is 0 Å². The number of carboxylic acid groups (broad SMARTS) is 2. The van der Waals surface area contributed by atoms with Crippen molar-refractivity contribution in [1.82, 2.24) is 5.32 Å². The molecule has 0 rings (SSSR count). The van der Waals surface area contributed by atoms with E-state index < -0.39 is 18.1 Å². The Morgan fingerprint density at radius 2 is 2.00 bits per heavy atom. The summed E-state index contributed by atoms with van der Waals surface area (Å²) in [4.78, 5) is 19.9. The van der Waals surface area contributed by atoms with E-state index in [9.17, 15) is 9.59 Å². The highest BCUT2D eigenvalue weighted by atomic mass is 16.4. The van der Waals surface area contributed by atoms with Crippen molar-refractivity contribution in [3.05, 3.63) is 0 Å². The monoisotopic (exact) mass is 162 g/mol. The molecule has 0 aliphatic carbocycles. The van der Waals surface area contributed by atoms with E-state index in [1.807, 2.05) is 5.32 Å². The predicted molar refractivity (Wildman–Crippen MR) is 36.3 cm³/mol. The van der Waals surface area contributed by atoms with Gasteiger partial charge < -0.3 is 21.3 Å². The Bertz CT molecular complexity index is 159. The van der Waals surface area contributed by atoms with Crippen LogP contribution in [0, 0.1) is 0 Å². The van der Waals surface area contributed by atoms with Crippen molar-refractivity contribution in [2.45, 2.75) is 12.5 Å². The first kappa shape index (κ1) is 9.70. The van der Waals surface area contributed by atoms with Crippen LogP contribution in [0.25, 0.3) is 0 Å². The van der Waals surface area contributed by atoms with Gasteiger partial charge in [0.1, 0.15) is 6.04 Å². The molecule has 0 aliphatic rings. The fraction of sp³-hybridized carbons (Fsp3) is 0.600. The van der Waals surface area contributed by atoms with Crippen LogP contribution in [0.4, 0.5) is 4.79 Å². The number of hydrogen-bond donors (Lipinski definition) is 4. The summed E-state index contributed by atoms with van der Waals surface area (Å²) >= 11 is 0. The zero-order valence-electron chi connectivity index (χ0n) is 5.78. The lowest BCUT2D eigenvalue weighted by Gasteiger charge is -2.04. The Morgan fingerprint density at radius 3 is 2.36 bits per heavy atom. The number of aliphatic carboxylic acids is 1. The maximum atomic E-state index is 10.1. The normalized spacial score (nSPS) is 12.1. The van der Waals surface area contributed by atoms with Crippen LogP contribution in [0.1, 0.15) is 6.42 Å². The molecule has 0 saturated carbocycles. The molecule has 0 aromatic rings. The van der Waals surface area contributed by atoms with Crippen LogP contribution >= 0.6 is 0 Å². The summed E-state index contributed by atoms with van der Waals surface area (Å²) in [5, 5.41) is 18.3. The molecule has 0 spiro atoms. The van der Waals surface area contributed by atoms with Gasteiger partial charge in [-0.1, -0.05) is 0 Å². The number of hydrogen-bond acceptors (Lipinski definition) is 3. The van der Waals surface area contributed by atoms with Gasteiger partial charge in [-0.3, -0.25) is 4.79 Å². The number of carbonyl (C=O) groups is 2. The van der Waals surface area contributed by atoms with Crippen LogP contribution < -0.4 is 11.1 Å².